The van der Waals surface area contributed by atoms with Crippen LogP contribution in [0.3, 0.4) is 0 Å². The normalized spacial score (nSPS) is 10.9. The molecule has 0 aromatic carbocycles. The summed E-state index contributed by atoms with van der Waals surface area (Å²) in [6, 6.07) is 0. The average Bonchev–Trinajstić information content (AvgIpc) is 2.05. The standard InChI is InChI=1S/C7H19N3O/c8-3-1-5-10(7-11)6-2-4-9/h11H,1-9H2. The second-order valence-electron chi connectivity index (χ2n) is 2.54. The Hall–Kier alpha value is -0.160. The molecule has 0 aromatic rings. The zero-order chi connectivity index (χ0) is 8.53. The van der Waals surface area contributed by atoms with E-state index in [-0.39, 0.29) is 6.73 Å². The Balaban J connectivity index is 3.25. The van der Waals surface area contributed by atoms with Gasteiger partial charge in [-0.2, -0.15) is 0 Å². The zero-order valence-electron chi connectivity index (χ0n) is 7.00. The Kier molecular flexibility index (Phi) is 7.83. The van der Waals surface area contributed by atoms with Crippen LogP contribution in [0.5, 0.6) is 0 Å². The fraction of sp³-hybridized carbons (Fsp3) is 1.00. The van der Waals surface area contributed by atoms with Crippen molar-refractivity contribution in [3.05, 3.63) is 0 Å². The van der Waals surface area contributed by atoms with Crippen LogP contribution in [0.2, 0.25) is 0 Å². The number of nitrogens with zero attached hydrogens (tertiary/aromatic N) is 1. The summed E-state index contributed by atoms with van der Waals surface area (Å²) in [6.07, 6.45) is 1.87. The van der Waals surface area contributed by atoms with Gasteiger partial charge in [-0.25, -0.2) is 0 Å². The Morgan fingerprint density at radius 1 is 1.00 bits per heavy atom. The second kappa shape index (κ2) is 7.94. The molecule has 0 aliphatic rings. The van der Waals surface area contributed by atoms with Crippen molar-refractivity contribution in [2.24, 2.45) is 11.5 Å². The highest BCUT2D eigenvalue weighted by Crippen LogP contribution is 1.90. The first-order chi connectivity index (χ1) is 5.35. The molecule has 0 spiro atoms. The van der Waals surface area contributed by atoms with Crippen LogP contribution in [0.4, 0.5) is 0 Å². The number of hydrogen-bond acceptors (Lipinski definition) is 4. The van der Waals surface area contributed by atoms with Crippen molar-refractivity contribution in [1.82, 2.24) is 4.90 Å². The van der Waals surface area contributed by atoms with Gasteiger partial charge < -0.3 is 16.6 Å². The van der Waals surface area contributed by atoms with Crippen LogP contribution in [0.15, 0.2) is 0 Å². The maximum absolute atomic E-state index is 8.82. The van der Waals surface area contributed by atoms with Crippen LogP contribution in [0.25, 0.3) is 0 Å². The molecule has 5 N–H and O–H groups in total. The largest absolute Gasteiger partial charge is 0.381 e. The summed E-state index contributed by atoms with van der Waals surface area (Å²) >= 11 is 0. The highest BCUT2D eigenvalue weighted by Gasteiger charge is 1.99. The number of hydrogen-bond donors (Lipinski definition) is 3. The molecule has 0 radical (unpaired) electrons. The fourth-order valence-corrected chi connectivity index (χ4v) is 0.883. The van der Waals surface area contributed by atoms with Gasteiger partial charge >= 0.3 is 0 Å². The van der Waals surface area contributed by atoms with Crippen molar-refractivity contribution < 1.29 is 5.11 Å². The Morgan fingerprint density at radius 3 is 1.73 bits per heavy atom. The first-order valence-corrected chi connectivity index (χ1v) is 4.08. The lowest BCUT2D eigenvalue weighted by molar-refractivity contribution is 0.106. The summed E-state index contributed by atoms with van der Waals surface area (Å²) in [4.78, 5) is 1.94. The van der Waals surface area contributed by atoms with Crippen molar-refractivity contribution in [3.63, 3.8) is 0 Å². The molecule has 4 nitrogen and oxygen atoms in total. The molecule has 0 saturated heterocycles. The summed E-state index contributed by atoms with van der Waals surface area (Å²) < 4.78 is 0. The van der Waals surface area contributed by atoms with Gasteiger partial charge in [-0.15, -0.1) is 0 Å². The van der Waals surface area contributed by atoms with Gasteiger partial charge in [-0.05, 0) is 25.9 Å². The lowest BCUT2D eigenvalue weighted by atomic mass is 10.3. The van der Waals surface area contributed by atoms with Crippen LogP contribution >= 0.6 is 0 Å². The van der Waals surface area contributed by atoms with Gasteiger partial charge in [0.25, 0.3) is 0 Å². The molecule has 0 aliphatic heterocycles. The maximum atomic E-state index is 8.82. The molecular formula is C7H19N3O. The Morgan fingerprint density at radius 2 is 1.45 bits per heavy atom. The Bertz CT molecular complexity index is 72.1. The van der Waals surface area contributed by atoms with Gasteiger partial charge in [0.15, 0.2) is 0 Å². The molecule has 0 unspecified atom stereocenters. The third-order valence-electron chi connectivity index (χ3n) is 1.56. The van der Waals surface area contributed by atoms with Crippen LogP contribution in [0, 0.1) is 0 Å². The summed E-state index contributed by atoms with van der Waals surface area (Å²) in [5, 5.41) is 8.82. The molecule has 4 heteroatoms. The highest BCUT2D eigenvalue weighted by molar-refractivity contribution is 4.53. The van der Waals surface area contributed by atoms with Gasteiger partial charge in [0.1, 0.15) is 0 Å². The SMILES string of the molecule is NCCCN(CO)CCCN. The third kappa shape index (κ3) is 6.25. The molecule has 0 bridgehead atoms. The van der Waals surface area contributed by atoms with Crippen molar-refractivity contribution in [2.45, 2.75) is 12.8 Å². The summed E-state index contributed by atoms with van der Waals surface area (Å²) in [5.41, 5.74) is 10.7. The van der Waals surface area contributed by atoms with E-state index < -0.39 is 0 Å². The Labute approximate surface area is 68.2 Å². The topological polar surface area (TPSA) is 75.5 Å². The fourth-order valence-electron chi connectivity index (χ4n) is 0.883. The lowest BCUT2D eigenvalue weighted by Crippen LogP contribution is -2.29. The molecule has 0 atom stereocenters. The molecule has 0 amide bonds. The number of aliphatic hydroxyl groups is 1. The minimum atomic E-state index is 0.111. The zero-order valence-corrected chi connectivity index (χ0v) is 7.00. The third-order valence-corrected chi connectivity index (χ3v) is 1.56. The van der Waals surface area contributed by atoms with E-state index in [1.165, 1.54) is 0 Å². The quantitative estimate of drug-likeness (QED) is 0.416. The van der Waals surface area contributed by atoms with E-state index in [0.29, 0.717) is 13.1 Å². The van der Waals surface area contributed by atoms with Gasteiger partial charge in [0, 0.05) is 13.1 Å². The summed E-state index contributed by atoms with van der Waals surface area (Å²) in [7, 11) is 0. The number of rotatable bonds is 7. The molecule has 11 heavy (non-hydrogen) atoms. The van der Waals surface area contributed by atoms with Crippen molar-refractivity contribution in [2.75, 3.05) is 32.9 Å². The molecule has 0 fully saturated rings. The molecule has 0 heterocycles. The van der Waals surface area contributed by atoms with Crippen LogP contribution in [-0.4, -0.2) is 42.9 Å². The van der Waals surface area contributed by atoms with E-state index in [2.05, 4.69) is 0 Å². The smallest absolute Gasteiger partial charge is 0.0956 e. The minimum absolute atomic E-state index is 0.111. The van der Waals surface area contributed by atoms with Crippen molar-refractivity contribution in [1.29, 1.82) is 0 Å². The lowest BCUT2D eigenvalue weighted by Gasteiger charge is -2.17. The van der Waals surface area contributed by atoms with Gasteiger partial charge in [-0.3, -0.25) is 4.90 Å². The van der Waals surface area contributed by atoms with E-state index in [9.17, 15) is 0 Å². The molecule has 68 valence electrons. The van der Waals surface area contributed by atoms with Gasteiger partial charge in [0.2, 0.25) is 0 Å². The maximum Gasteiger partial charge on any atom is 0.0956 e. The average molecular weight is 161 g/mol. The molecule has 0 rings (SSSR count). The molecule has 0 aromatic heterocycles. The summed E-state index contributed by atoms with van der Waals surface area (Å²) in [6.45, 7) is 3.21. The summed E-state index contributed by atoms with van der Waals surface area (Å²) in [5.74, 6) is 0. The van der Waals surface area contributed by atoms with Crippen molar-refractivity contribution in [3.8, 4) is 0 Å². The first kappa shape index (κ1) is 10.8. The van der Waals surface area contributed by atoms with E-state index in [0.717, 1.165) is 25.9 Å². The van der Waals surface area contributed by atoms with Crippen LogP contribution < -0.4 is 11.5 Å². The number of nitrogens with two attached hydrogens (primary N) is 2. The molecule has 0 saturated carbocycles. The highest BCUT2D eigenvalue weighted by atomic mass is 16.3. The van der Waals surface area contributed by atoms with E-state index >= 15 is 0 Å². The predicted octanol–water partition coefficient (Wildman–Crippen LogP) is -1.06. The predicted molar refractivity (Wildman–Crippen MR) is 46.0 cm³/mol. The van der Waals surface area contributed by atoms with Crippen molar-refractivity contribution >= 4 is 0 Å². The van der Waals surface area contributed by atoms with E-state index in [4.69, 9.17) is 16.6 Å². The van der Waals surface area contributed by atoms with Gasteiger partial charge in [-0.1, -0.05) is 0 Å². The van der Waals surface area contributed by atoms with Gasteiger partial charge in [0.05, 0.1) is 6.73 Å². The minimum Gasteiger partial charge on any atom is -0.381 e. The first-order valence-electron chi connectivity index (χ1n) is 4.08. The molecular weight excluding hydrogens is 142 g/mol. The number of aliphatic hydroxyl groups excluding tert-OH is 1. The van der Waals surface area contributed by atoms with Crippen LogP contribution in [0.1, 0.15) is 12.8 Å². The second-order valence-corrected chi connectivity index (χ2v) is 2.54. The molecule has 0 aliphatic carbocycles. The van der Waals surface area contributed by atoms with Crippen LogP contribution in [-0.2, 0) is 0 Å². The monoisotopic (exact) mass is 161 g/mol. The van der Waals surface area contributed by atoms with E-state index in [1.54, 1.807) is 0 Å². The van der Waals surface area contributed by atoms with E-state index in [1.807, 2.05) is 4.90 Å².